The molecular weight excluding hydrogens is 198 g/mol. The summed E-state index contributed by atoms with van der Waals surface area (Å²) in [5.74, 6) is 0. The molecule has 0 saturated carbocycles. The van der Waals surface area contributed by atoms with Gasteiger partial charge < -0.3 is 4.90 Å². The lowest BCUT2D eigenvalue weighted by Crippen LogP contribution is -3.12. The first-order chi connectivity index (χ1) is 7.85. The lowest BCUT2D eigenvalue weighted by atomic mass is 10.3. The SMILES string of the molecule is CC[NH+](CC)CC[n+]1c[nH]c2ccccc21. The Morgan fingerprint density at radius 2 is 1.94 bits per heavy atom. The van der Waals surface area contributed by atoms with E-state index in [-0.39, 0.29) is 0 Å². The number of aromatic amines is 1. The Morgan fingerprint density at radius 3 is 2.69 bits per heavy atom. The van der Waals surface area contributed by atoms with Gasteiger partial charge in [-0.3, -0.25) is 0 Å². The quantitative estimate of drug-likeness (QED) is 0.680. The second-order valence-corrected chi connectivity index (χ2v) is 4.19. The molecule has 0 unspecified atom stereocenters. The van der Waals surface area contributed by atoms with E-state index in [0.717, 1.165) is 6.54 Å². The number of quaternary nitrogens is 1. The van der Waals surface area contributed by atoms with E-state index in [0.29, 0.717) is 0 Å². The summed E-state index contributed by atoms with van der Waals surface area (Å²) in [5.41, 5.74) is 2.52. The van der Waals surface area contributed by atoms with Crippen LogP contribution < -0.4 is 9.47 Å². The van der Waals surface area contributed by atoms with Crippen molar-refractivity contribution in [2.75, 3.05) is 19.6 Å². The van der Waals surface area contributed by atoms with Crippen molar-refractivity contribution in [1.29, 1.82) is 0 Å². The van der Waals surface area contributed by atoms with Gasteiger partial charge in [-0.2, -0.15) is 0 Å². The number of benzene rings is 1. The van der Waals surface area contributed by atoms with Crippen molar-refractivity contribution in [2.45, 2.75) is 20.4 Å². The van der Waals surface area contributed by atoms with Gasteiger partial charge in [-0.05, 0) is 26.0 Å². The van der Waals surface area contributed by atoms with Crippen LogP contribution in [0.1, 0.15) is 13.8 Å². The number of aromatic nitrogens is 2. The molecule has 0 saturated heterocycles. The first-order valence-corrected chi connectivity index (χ1v) is 6.14. The third kappa shape index (κ3) is 2.25. The van der Waals surface area contributed by atoms with E-state index >= 15 is 0 Å². The molecule has 0 atom stereocenters. The molecule has 1 aromatic carbocycles. The Morgan fingerprint density at radius 1 is 1.19 bits per heavy atom. The molecule has 0 aliphatic carbocycles. The highest BCUT2D eigenvalue weighted by Crippen LogP contribution is 2.04. The number of H-pyrrole nitrogens is 1. The second-order valence-electron chi connectivity index (χ2n) is 4.19. The van der Waals surface area contributed by atoms with Crippen molar-refractivity contribution >= 4 is 11.0 Å². The second kappa shape index (κ2) is 5.12. The van der Waals surface area contributed by atoms with Gasteiger partial charge in [0.05, 0.1) is 13.1 Å². The van der Waals surface area contributed by atoms with Gasteiger partial charge in [0.15, 0.2) is 11.0 Å². The Bertz CT molecular complexity index is 443. The van der Waals surface area contributed by atoms with Gasteiger partial charge >= 0.3 is 0 Å². The monoisotopic (exact) mass is 219 g/mol. The molecule has 0 spiro atoms. The molecule has 2 N–H and O–H groups in total. The molecule has 0 amide bonds. The van der Waals surface area contributed by atoms with Crippen molar-refractivity contribution in [3.05, 3.63) is 30.6 Å². The molecule has 0 fully saturated rings. The highest BCUT2D eigenvalue weighted by atomic mass is 15.1. The van der Waals surface area contributed by atoms with Crippen LogP contribution in [0.5, 0.6) is 0 Å². The first-order valence-electron chi connectivity index (χ1n) is 6.14. The average Bonchev–Trinajstić information content (AvgIpc) is 2.74. The van der Waals surface area contributed by atoms with Gasteiger partial charge in [0.1, 0.15) is 13.1 Å². The van der Waals surface area contributed by atoms with Crippen LogP contribution in [0.15, 0.2) is 30.6 Å². The number of imidazole rings is 1. The molecule has 2 rings (SSSR count). The van der Waals surface area contributed by atoms with Crippen LogP contribution in [-0.4, -0.2) is 24.6 Å². The van der Waals surface area contributed by atoms with Gasteiger partial charge in [-0.15, -0.1) is 0 Å². The normalized spacial score (nSPS) is 11.4. The van der Waals surface area contributed by atoms with Crippen molar-refractivity contribution < 1.29 is 9.47 Å². The maximum atomic E-state index is 3.30. The third-order valence-corrected chi connectivity index (χ3v) is 3.30. The summed E-state index contributed by atoms with van der Waals surface area (Å²) in [5, 5.41) is 0. The van der Waals surface area contributed by atoms with Crippen LogP contribution in [-0.2, 0) is 6.54 Å². The molecule has 0 radical (unpaired) electrons. The van der Waals surface area contributed by atoms with E-state index in [1.807, 2.05) is 0 Å². The minimum atomic E-state index is 1.08. The van der Waals surface area contributed by atoms with Crippen LogP contribution >= 0.6 is 0 Å². The number of nitrogens with zero attached hydrogens (tertiary/aromatic N) is 1. The fourth-order valence-electron chi connectivity index (χ4n) is 2.13. The standard InChI is InChI=1S/C13H19N3/c1-3-15(4-2)9-10-16-11-14-12-7-5-6-8-13(12)16/h5-8,11H,3-4,9-10H2,1-2H3/p+2. The molecule has 0 aliphatic rings. The molecule has 1 aromatic heterocycles. The van der Waals surface area contributed by atoms with Crippen LogP contribution in [0, 0.1) is 0 Å². The molecule has 0 bridgehead atoms. The summed E-state index contributed by atoms with van der Waals surface area (Å²) in [6.45, 7) is 9.19. The van der Waals surface area contributed by atoms with Crippen molar-refractivity contribution in [2.24, 2.45) is 0 Å². The lowest BCUT2D eigenvalue weighted by molar-refractivity contribution is -0.914. The van der Waals surface area contributed by atoms with Gasteiger partial charge in [0.2, 0.25) is 6.33 Å². The van der Waals surface area contributed by atoms with E-state index < -0.39 is 0 Å². The highest BCUT2D eigenvalue weighted by Gasteiger charge is 2.10. The average molecular weight is 219 g/mol. The summed E-state index contributed by atoms with van der Waals surface area (Å²) in [6.07, 6.45) is 2.08. The Balaban J connectivity index is 2.09. The first kappa shape index (κ1) is 11.1. The van der Waals surface area contributed by atoms with Crippen LogP contribution in [0.25, 0.3) is 11.0 Å². The van der Waals surface area contributed by atoms with Gasteiger partial charge in [-0.1, -0.05) is 12.1 Å². The Labute approximate surface area is 96.7 Å². The zero-order valence-corrected chi connectivity index (χ0v) is 10.2. The molecule has 1 heterocycles. The number of hydrogen-bond donors (Lipinski definition) is 2. The van der Waals surface area contributed by atoms with Crippen molar-refractivity contribution in [3.63, 3.8) is 0 Å². The molecule has 16 heavy (non-hydrogen) atoms. The van der Waals surface area contributed by atoms with Crippen molar-refractivity contribution in [3.8, 4) is 0 Å². The van der Waals surface area contributed by atoms with Gasteiger partial charge in [-0.25, -0.2) is 9.55 Å². The third-order valence-electron chi connectivity index (χ3n) is 3.30. The summed E-state index contributed by atoms with van der Waals surface area (Å²) in [7, 11) is 0. The summed E-state index contributed by atoms with van der Waals surface area (Å²) in [6, 6.07) is 8.45. The van der Waals surface area contributed by atoms with Gasteiger partial charge in [0, 0.05) is 0 Å². The fraction of sp³-hybridized carbons (Fsp3) is 0.462. The number of hydrogen-bond acceptors (Lipinski definition) is 0. The predicted octanol–water partition coefficient (Wildman–Crippen LogP) is 0.380. The number of para-hydroxylation sites is 2. The maximum Gasteiger partial charge on any atom is 0.242 e. The predicted molar refractivity (Wildman–Crippen MR) is 65.4 cm³/mol. The van der Waals surface area contributed by atoms with Gasteiger partial charge in [0.25, 0.3) is 0 Å². The van der Waals surface area contributed by atoms with E-state index in [1.54, 1.807) is 4.90 Å². The molecule has 86 valence electrons. The summed E-state index contributed by atoms with van der Waals surface area (Å²) >= 11 is 0. The molecule has 3 heteroatoms. The largest absolute Gasteiger partial charge is 0.332 e. The van der Waals surface area contributed by atoms with E-state index in [1.165, 1.54) is 30.7 Å². The molecule has 2 aromatic rings. The van der Waals surface area contributed by atoms with Crippen LogP contribution in [0.2, 0.25) is 0 Å². The van der Waals surface area contributed by atoms with Crippen LogP contribution in [0.4, 0.5) is 0 Å². The van der Waals surface area contributed by atoms with E-state index in [9.17, 15) is 0 Å². The van der Waals surface area contributed by atoms with Crippen LogP contribution in [0.3, 0.4) is 0 Å². The summed E-state index contributed by atoms with van der Waals surface area (Å²) < 4.78 is 2.31. The number of nitrogens with one attached hydrogen (secondary N) is 2. The Kier molecular flexibility index (Phi) is 3.57. The number of fused-ring (bicyclic) bond motifs is 1. The van der Waals surface area contributed by atoms with E-state index in [4.69, 9.17) is 0 Å². The number of rotatable bonds is 5. The minimum Gasteiger partial charge on any atom is -0.332 e. The zero-order chi connectivity index (χ0) is 11.4. The zero-order valence-electron chi connectivity index (χ0n) is 10.2. The number of likely N-dealkylation sites (N-methyl/N-ethyl adjacent to an activating group) is 1. The van der Waals surface area contributed by atoms with E-state index in [2.05, 4.69) is 54.0 Å². The fourth-order valence-corrected chi connectivity index (χ4v) is 2.13. The molecule has 0 aliphatic heterocycles. The van der Waals surface area contributed by atoms with Crippen molar-refractivity contribution in [1.82, 2.24) is 4.98 Å². The lowest BCUT2D eigenvalue weighted by Gasteiger charge is -2.13. The molecule has 3 nitrogen and oxygen atoms in total. The summed E-state index contributed by atoms with van der Waals surface area (Å²) in [4.78, 5) is 4.95. The molecular formula is C13H21N3+2. The smallest absolute Gasteiger partial charge is 0.242 e. The Hall–Kier alpha value is -1.35. The highest BCUT2D eigenvalue weighted by molar-refractivity contribution is 5.70. The topological polar surface area (TPSA) is 24.1 Å². The minimum absolute atomic E-state index is 1.08. The maximum absolute atomic E-state index is 3.30.